The van der Waals surface area contributed by atoms with Crippen LogP contribution in [-0.2, 0) is 12.2 Å². The summed E-state index contributed by atoms with van der Waals surface area (Å²) in [6.45, 7) is 4.33. The second-order valence-corrected chi connectivity index (χ2v) is 7.40. The zero-order chi connectivity index (χ0) is 18.5. The van der Waals surface area contributed by atoms with Crippen LogP contribution in [0.5, 0.6) is 0 Å². The van der Waals surface area contributed by atoms with Crippen molar-refractivity contribution in [1.82, 2.24) is 14.8 Å². The van der Waals surface area contributed by atoms with E-state index < -0.39 is 5.97 Å². The molecule has 0 unspecified atom stereocenters. The predicted molar refractivity (Wildman–Crippen MR) is 103 cm³/mol. The summed E-state index contributed by atoms with van der Waals surface area (Å²) in [7, 11) is 0. The topological polar surface area (TPSA) is 68.0 Å². The van der Waals surface area contributed by atoms with Gasteiger partial charge in [0.1, 0.15) is 5.82 Å². The average molecular weight is 367 g/mol. The number of rotatable bonds is 7. The Kier molecular flexibility index (Phi) is 5.73. The molecule has 0 saturated carbocycles. The van der Waals surface area contributed by atoms with Crippen LogP contribution in [0.2, 0.25) is 0 Å². The minimum Gasteiger partial charge on any atom is -0.478 e. The number of aromatic carboxylic acids is 1. The first-order chi connectivity index (χ1) is 12.5. The minimum atomic E-state index is -0.911. The molecule has 26 heavy (non-hydrogen) atoms. The molecule has 3 rings (SSSR count). The summed E-state index contributed by atoms with van der Waals surface area (Å²) in [5.74, 6) is 1.23. The number of nitrogens with zero attached hydrogens (tertiary/aromatic N) is 3. The molecule has 5 nitrogen and oxygen atoms in total. The van der Waals surface area contributed by atoms with Gasteiger partial charge in [0.2, 0.25) is 0 Å². The molecule has 0 spiro atoms. The number of carbonyl (C=O) groups is 1. The second-order valence-electron chi connectivity index (χ2n) is 6.46. The molecular weight excluding hydrogens is 346 g/mol. The summed E-state index contributed by atoms with van der Waals surface area (Å²) in [4.78, 5) is 11.0. The Morgan fingerprint density at radius 1 is 1.08 bits per heavy atom. The number of benzene rings is 2. The Hall–Kier alpha value is -2.60. The van der Waals surface area contributed by atoms with Crippen molar-refractivity contribution in [2.45, 2.75) is 31.2 Å². The van der Waals surface area contributed by atoms with Crippen LogP contribution < -0.4 is 0 Å². The SMILES string of the molecule is CC(C)Cc1nnc(SCc2ccc(C(=O)O)cc2)n1-c1ccccc1. The quantitative estimate of drug-likeness (QED) is 0.625. The van der Waals surface area contributed by atoms with Crippen LogP contribution in [0.15, 0.2) is 59.8 Å². The molecule has 0 fully saturated rings. The van der Waals surface area contributed by atoms with E-state index >= 15 is 0 Å². The second kappa shape index (κ2) is 8.19. The van der Waals surface area contributed by atoms with Crippen molar-refractivity contribution in [3.05, 3.63) is 71.5 Å². The van der Waals surface area contributed by atoms with Gasteiger partial charge in [-0.2, -0.15) is 0 Å². The van der Waals surface area contributed by atoms with Gasteiger partial charge in [0, 0.05) is 17.9 Å². The molecule has 0 radical (unpaired) electrons. The fourth-order valence-electron chi connectivity index (χ4n) is 2.62. The van der Waals surface area contributed by atoms with E-state index in [1.165, 1.54) is 0 Å². The van der Waals surface area contributed by atoms with E-state index in [1.54, 1.807) is 23.9 Å². The fraction of sp³-hybridized carbons (Fsp3) is 0.250. The standard InChI is InChI=1S/C20H21N3O2S/c1-14(2)12-18-21-22-20(23(18)17-6-4-3-5-7-17)26-13-15-8-10-16(11-9-15)19(24)25/h3-11,14H,12-13H2,1-2H3,(H,24,25). The maximum atomic E-state index is 11.0. The Morgan fingerprint density at radius 3 is 2.38 bits per heavy atom. The summed E-state index contributed by atoms with van der Waals surface area (Å²) >= 11 is 1.60. The van der Waals surface area contributed by atoms with E-state index in [9.17, 15) is 4.79 Å². The normalized spacial score (nSPS) is 11.0. The monoisotopic (exact) mass is 367 g/mol. The number of carboxylic acids is 1. The molecule has 1 N–H and O–H groups in total. The molecule has 0 aliphatic carbocycles. The maximum absolute atomic E-state index is 11.0. The minimum absolute atomic E-state index is 0.297. The molecule has 0 bridgehead atoms. The van der Waals surface area contributed by atoms with E-state index in [1.807, 2.05) is 30.3 Å². The largest absolute Gasteiger partial charge is 0.478 e. The van der Waals surface area contributed by atoms with Gasteiger partial charge in [0.15, 0.2) is 5.16 Å². The molecule has 0 aliphatic rings. The van der Waals surface area contributed by atoms with Crippen molar-refractivity contribution in [2.75, 3.05) is 0 Å². The van der Waals surface area contributed by atoms with Crippen LogP contribution in [-0.4, -0.2) is 25.8 Å². The zero-order valence-corrected chi connectivity index (χ0v) is 15.6. The molecule has 3 aromatic rings. The average Bonchev–Trinajstić information content (AvgIpc) is 3.02. The van der Waals surface area contributed by atoms with Gasteiger partial charge in [0.05, 0.1) is 5.56 Å². The van der Waals surface area contributed by atoms with Crippen LogP contribution in [0, 0.1) is 5.92 Å². The molecular formula is C20H21N3O2S. The molecule has 134 valence electrons. The lowest BCUT2D eigenvalue weighted by Crippen LogP contribution is -2.06. The fourth-order valence-corrected chi connectivity index (χ4v) is 3.55. The summed E-state index contributed by atoms with van der Waals surface area (Å²) in [6, 6.07) is 17.1. The lowest BCUT2D eigenvalue weighted by atomic mass is 10.1. The summed E-state index contributed by atoms with van der Waals surface area (Å²) < 4.78 is 2.11. The molecule has 1 heterocycles. The number of thioether (sulfide) groups is 1. The summed E-state index contributed by atoms with van der Waals surface area (Å²) in [5, 5.41) is 18.6. The van der Waals surface area contributed by atoms with Crippen molar-refractivity contribution < 1.29 is 9.90 Å². The third kappa shape index (κ3) is 4.32. The van der Waals surface area contributed by atoms with Gasteiger partial charge >= 0.3 is 5.97 Å². The van der Waals surface area contributed by atoms with Crippen molar-refractivity contribution in [3.63, 3.8) is 0 Å². The zero-order valence-electron chi connectivity index (χ0n) is 14.8. The molecule has 0 atom stereocenters. The first-order valence-electron chi connectivity index (χ1n) is 8.49. The van der Waals surface area contributed by atoms with Gasteiger partial charge < -0.3 is 5.11 Å². The third-order valence-corrected chi connectivity index (χ3v) is 4.87. The van der Waals surface area contributed by atoms with Gasteiger partial charge in [0.25, 0.3) is 0 Å². The van der Waals surface area contributed by atoms with Crippen LogP contribution in [0.3, 0.4) is 0 Å². The highest BCUT2D eigenvalue weighted by molar-refractivity contribution is 7.98. The van der Waals surface area contributed by atoms with Crippen LogP contribution in [0.4, 0.5) is 0 Å². The van der Waals surface area contributed by atoms with Gasteiger partial charge in [-0.1, -0.05) is 55.9 Å². The van der Waals surface area contributed by atoms with E-state index in [0.717, 1.165) is 28.7 Å². The molecule has 2 aromatic carbocycles. The number of para-hydroxylation sites is 1. The highest BCUT2D eigenvalue weighted by Crippen LogP contribution is 2.26. The van der Waals surface area contributed by atoms with Crippen LogP contribution in [0.25, 0.3) is 5.69 Å². The maximum Gasteiger partial charge on any atom is 0.335 e. The van der Waals surface area contributed by atoms with E-state index in [2.05, 4.69) is 40.7 Å². The van der Waals surface area contributed by atoms with E-state index in [0.29, 0.717) is 17.2 Å². The lowest BCUT2D eigenvalue weighted by Gasteiger charge is -2.11. The van der Waals surface area contributed by atoms with Crippen molar-refractivity contribution in [1.29, 1.82) is 0 Å². The van der Waals surface area contributed by atoms with Gasteiger partial charge in [-0.3, -0.25) is 4.57 Å². The summed E-state index contributed by atoms with van der Waals surface area (Å²) in [5.41, 5.74) is 2.40. The molecule has 0 saturated heterocycles. The third-order valence-electron chi connectivity index (χ3n) is 3.87. The molecule has 0 amide bonds. The molecule has 6 heteroatoms. The van der Waals surface area contributed by atoms with E-state index in [4.69, 9.17) is 5.11 Å². The Morgan fingerprint density at radius 2 is 1.77 bits per heavy atom. The number of aromatic nitrogens is 3. The highest BCUT2D eigenvalue weighted by Gasteiger charge is 2.15. The number of hydrogen-bond acceptors (Lipinski definition) is 4. The smallest absolute Gasteiger partial charge is 0.335 e. The highest BCUT2D eigenvalue weighted by atomic mass is 32.2. The Balaban J connectivity index is 1.83. The van der Waals surface area contributed by atoms with Crippen LogP contribution >= 0.6 is 11.8 Å². The predicted octanol–water partition coefficient (Wildman–Crippen LogP) is 4.46. The number of carboxylic acid groups (broad SMARTS) is 1. The Labute approximate surface area is 157 Å². The first-order valence-corrected chi connectivity index (χ1v) is 9.48. The lowest BCUT2D eigenvalue weighted by molar-refractivity contribution is 0.0697. The number of hydrogen-bond donors (Lipinski definition) is 1. The van der Waals surface area contributed by atoms with Crippen LogP contribution in [0.1, 0.15) is 35.6 Å². The Bertz CT molecular complexity index is 874. The molecule has 0 aliphatic heterocycles. The van der Waals surface area contributed by atoms with Gasteiger partial charge in [-0.25, -0.2) is 4.79 Å². The van der Waals surface area contributed by atoms with Crippen molar-refractivity contribution in [3.8, 4) is 5.69 Å². The summed E-state index contributed by atoms with van der Waals surface area (Å²) in [6.07, 6.45) is 0.857. The van der Waals surface area contributed by atoms with E-state index in [-0.39, 0.29) is 0 Å². The molecule has 1 aromatic heterocycles. The van der Waals surface area contributed by atoms with Gasteiger partial charge in [-0.05, 0) is 35.7 Å². The van der Waals surface area contributed by atoms with Crippen molar-refractivity contribution in [2.24, 2.45) is 5.92 Å². The van der Waals surface area contributed by atoms with Crippen molar-refractivity contribution >= 4 is 17.7 Å². The van der Waals surface area contributed by atoms with Gasteiger partial charge in [-0.15, -0.1) is 10.2 Å². The first kappa shape index (κ1) is 18.2.